The number of aromatic nitrogens is 2. The lowest BCUT2D eigenvalue weighted by molar-refractivity contribution is 0.0704. The normalized spacial score (nSPS) is 26.1. The minimum absolute atomic E-state index is 0.0287. The summed E-state index contributed by atoms with van der Waals surface area (Å²) in [5.41, 5.74) is 2.38. The van der Waals surface area contributed by atoms with Gasteiger partial charge in [0.1, 0.15) is 0 Å². The molecule has 2 aliphatic carbocycles. The molecule has 1 saturated carbocycles. The fourth-order valence-electron chi connectivity index (χ4n) is 4.87. The van der Waals surface area contributed by atoms with Crippen molar-refractivity contribution in [3.63, 3.8) is 0 Å². The van der Waals surface area contributed by atoms with Gasteiger partial charge in [-0.25, -0.2) is 4.79 Å². The van der Waals surface area contributed by atoms with Gasteiger partial charge in [-0.15, -0.1) is 0 Å². The third kappa shape index (κ3) is 3.35. The topological polar surface area (TPSA) is 70.5 Å². The van der Waals surface area contributed by atoms with E-state index in [2.05, 4.69) is 22.6 Å². The molecule has 3 atom stereocenters. The molecule has 4 rings (SSSR count). The maximum absolute atomic E-state index is 13.4. The van der Waals surface area contributed by atoms with Crippen LogP contribution in [-0.4, -0.2) is 64.2 Å². The minimum Gasteiger partial charge on any atom is -0.336 e. The second-order valence-electron chi connectivity index (χ2n) is 8.18. The standard InChI is InChI=1S/C20H29N5O2/c1-13-18(14(2)23(3)22-13)19(26)25(9-8-24-7-6-21-20(24)27)12-17-11-15-4-5-16(17)10-15/h4-5,15-17H,6-12H2,1-3H3,(H,21,27)/t15-,16+,17+/m1/s1. The molecule has 1 aliphatic heterocycles. The molecule has 1 saturated heterocycles. The molecule has 3 amide bonds. The van der Waals surface area contributed by atoms with Crippen LogP contribution in [0.5, 0.6) is 0 Å². The van der Waals surface area contributed by atoms with Crippen LogP contribution in [0.3, 0.4) is 0 Å². The zero-order valence-electron chi connectivity index (χ0n) is 16.4. The average Bonchev–Trinajstić information content (AvgIpc) is 3.39. The molecule has 7 nitrogen and oxygen atoms in total. The fourth-order valence-corrected chi connectivity index (χ4v) is 4.87. The van der Waals surface area contributed by atoms with Crippen molar-refractivity contribution in [3.05, 3.63) is 29.1 Å². The highest BCUT2D eigenvalue weighted by atomic mass is 16.2. The molecule has 0 radical (unpaired) electrons. The van der Waals surface area contributed by atoms with Gasteiger partial charge < -0.3 is 15.1 Å². The van der Waals surface area contributed by atoms with Gasteiger partial charge in [-0.2, -0.15) is 5.10 Å². The highest BCUT2D eigenvalue weighted by molar-refractivity contribution is 5.96. The second kappa shape index (κ2) is 7.02. The van der Waals surface area contributed by atoms with Crippen molar-refractivity contribution in [2.45, 2.75) is 26.7 Å². The number of carbonyl (C=O) groups excluding carboxylic acids is 2. The summed E-state index contributed by atoms with van der Waals surface area (Å²) in [6.07, 6.45) is 7.06. The number of hydrogen-bond acceptors (Lipinski definition) is 3. The van der Waals surface area contributed by atoms with Crippen LogP contribution in [0.1, 0.15) is 34.6 Å². The highest BCUT2D eigenvalue weighted by Gasteiger charge is 2.38. The van der Waals surface area contributed by atoms with Gasteiger partial charge >= 0.3 is 6.03 Å². The third-order valence-corrected chi connectivity index (χ3v) is 6.47. The minimum atomic E-state index is -0.0287. The van der Waals surface area contributed by atoms with E-state index in [0.717, 1.165) is 17.9 Å². The van der Waals surface area contributed by atoms with Gasteiger partial charge in [0, 0.05) is 45.5 Å². The number of fused-ring (bicyclic) bond motifs is 2. The van der Waals surface area contributed by atoms with Gasteiger partial charge in [-0.3, -0.25) is 9.48 Å². The summed E-state index contributed by atoms with van der Waals surface area (Å²) in [5, 5.41) is 7.25. The Morgan fingerprint density at radius 1 is 1.33 bits per heavy atom. The molecule has 0 aromatic carbocycles. The predicted molar refractivity (Wildman–Crippen MR) is 102 cm³/mol. The first-order valence-electron chi connectivity index (χ1n) is 9.94. The Bertz CT molecular complexity index is 784. The van der Waals surface area contributed by atoms with E-state index in [9.17, 15) is 9.59 Å². The zero-order valence-corrected chi connectivity index (χ0v) is 16.4. The first-order chi connectivity index (χ1) is 12.9. The summed E-state index contributed by atoms with van der Waals surface area (Å²) in [4.78, 5) is 29.0. The summed E-state index contributed by atoms with van der Waals surface area (Å²) in [7, 11) is 1.87. The van der Waals surface area contributed by atoms with E-state index in [0.29, 0.717) is 49.5 Å². The number of allylic oxidation sites excluding steroid dienone is 2. The molecule has 7 heteroatoms. The third-order valence-electron chi connectivity index (χ3n) is 6.47. The van der Waals surface area contributed by atoms with Crippen LogP contribution >= 0.6 is 0 Å². The summed E-state index contributed by atoms with van der Waals surface area (Å²) >= 11 is 0. The summed E-state index contributed by atoms with van der Waals surface area (Å²) in [6.45, 7) is 7.14. The van der Waals surface area contributed by atoms with Crippen LogP contribution in [-0.2, 0) is 7.05 Å². The van der Waals surface area contributed by atoms with E-state index in [4.69, 9.17) is 0 Å². The Hall–Kier alpha value is -2.31. The van der Waals surface area contributed by atoms with Crippen molar-refractivity contribution >= 4 is 11.9 Å². The highest BCUT2D eigenvalue weighted by Crippen LogP contribution is 2.43. The Morgan fingerprint density at radius 3 is 2.70 bits per heavy atom. The summed E-state index contributed by atoms with van der Waals surface area (Å²) in [5.74, 6) is 1.85. The Balaban J connectivity index is 1.52. The first kappa shape index (κ1) is 18.1. The zero-order chi connectivity index (χ0) is 19.1. The maximum Gasteiger partial charge on any atom is 0.317 e. The Kier molecular flexibility index (Phi) is 4.70. The molecular weight excluding hydrogens is 342 g/mol. The van der Waals surface area contributed by atoms with Gasteiger partial charge in [-0.05, 0) is 44.4 Å². The lowest BCUT2D eigenvalue weighted by Gasteiger charge is -2.30. The van der Waals surface area contributed by atoms with Crippen molar-refractivity contribution in [3.8, 4) is 0 Å². The number of rotatable bonds is 6. The number of amides is 3. The monoisotopic (exact) mass is 371 g/mol. The molecule has 1 aromatic heterocycles. The smallest absolute Gasteiger partial charge is 0.317 e. The van der Waals surface area contributed by atoms with Crippen LogP contribution < -0.4 is 5.32 Å². The van der Waals surface area contributed by atoms with Gasteiger partial charge in [0.05, 0.1) is 11.3 Å². The van der Waals surface area contributed by atoms with Crippen LogP contribution in [0.4, 0.5) is 4.79 Å². The molecule has 0 spiro atoms. The lowest BCUT2D eigenvalue weighted by atomic mass is 9.93. The molecule has 1 N–H and O–H groups in total. The maximum atomic E-state index is 13.4. The molecular formula is C20H29N5O2. The predicted octanol–water partition coefficient (Wildman–Crippen LogP) is 1.72. The molecule has 2 heterocycles. The van der Waals surface area contributed by atoms with Crippen molar-refractivity contribution < 1.29 is 9.59 Å². The molecule has 2 fully saturated rings. The van der Waals surface area contributed by atoms with Crippen molar-refractivity contribution in [2.24, 2.45) is 24.8 Å². The van der Waals surface area contributed by atoms with Gasteiger partial charge in [0.2, 0.25) is 0 Å². The Labute approximate surface area is 160 Å². The lowest BCUT2D eigenvalue weighted by Crippen LogP contribution is -2.43. The second-order valence-corrected chi connectivity index (χ2v) is 8.18. The van der Waals surface area contributed by atoms with Gasteiger partial charge in [0.25, 0.3) is 5.91 Å². The van der Waals surface area contributed by atoms with E-state index in [1.54, 1.807) is 9.58 Å². The summed E-state index contributed by atoms with van der Waals surface area (Å²) in [6, 6.07) is -0.0287. The SMILES string of the molecule is Cc1nn(C)c(C)c1C(=O)N(CCN1CCNC1=O)C[C@@H]1C[C@@H]2C=C[C@H]1C2. The molecule has 1 aromatic rings. The molecule has 146 valence electrons. The molecule has 2 bridgehead atoms. The van der Waals surface area contributed by atoms with E-state index < -0.39 is 0 Å². The summed E-state index contributed by atoms with van der Waals surface area (Å²) < 4.78 is 1.77. The van der Waals surface area contributed by atoms with E-state index >= 15 is 0 Å². The molecule has 3 aliphatic rings. The average molecular weight is 371 g/mol. The van der Waals surface area contributed by atoms with E-state index in [1.165, 1.54) is 12.8 Å². The van der Waals surface area contributed by atoms with Gasteiger partial charge in [-0.1, -0.05) is 12.2 Å². The van der Waals surface area contributed by atoms with Gasteiger partial charge in [0.15, 0.2) is 0 Å². The fraction of sp³-hybridized carbons (Fsp3) is 0.650. The van der Waals surface area contributed by atoms with Crippen molar-refractivity contribution in [2.75, 3.05) is 32.7 Å². The van der Waals surface area contributed by atoms with Crippen molar-refractivity contribution in [1.29, 1.82) is 0 Å². The molecule has 27 heavy (non-hydrogen) atoms. The molecule has 0 unspecified atom stereocenters. The largest absolute Gasteiger partial charge is 0.336 e. The van der Waals surface area contributed by atoms with Crippen molar-refractivity contribution in [1.82, 2.24) is 24.9 Å². The van der Waals surface area contributed by atoms with E-state index in [1.807, 2.05) is 25.8 Å². The van der Waals surface area contributed by atoms with Crippen LogP contribution in [0, 0.1) is 31.6 Å². The number of hydrogen-bond donors (Lipinski definition) is 1. The number of nitrogens with zero attached hydrogens (tertiary/aromatic N) is 4. The quantitative estimate of drug-likeness (QED) is 0.774. The van der Waals surface area contributed by atoms with Crippen LogP contribution in [0.25, 0.3) is 0 Å². The number of aryl methyl sites for hydroxylation is 2. The van der Waals surface area contributed by atoms with E-state index in [-0.39, 0.29) is 11.9 Å². The Morgan fingerprint density at radius 2 is 2.15 bits per heavy atom. The number of nitrogens with one attached hydrogen (secondary N) is 1. The van der Waals surface area contributed by atoms with Crippen LogP contribution in [0.15, 0.2) is 12.2 Å². The number of urea groups is 1. The van der Waals surface area contributed by atoms with Crippen LogP contribution in [0.2, 0.25) is 0 Å². The number of carbonyl (C=O) groups is 2. The first-order valence-corrected chi connectivity index (χ1v) is 9.94.